The van der Waals surface area contributed by atoms with Crippen LogP contribution >= 0.6 is 21.8 Å². The normalized spacial score (nSPS) is 22.3. The highest BCUT2D eigenvalue weighted by molar-refractivity contribution is 8.74. The molecule has 0 saturated carbocycles. The van der Waals surface area contributed by atoms with Crippen molar-refractivity contribution in [3.05, 3.63) is 0 Å². The summed E-state index contributed by atoms with van der Waals surface area (Å²) >= 11 is 4.78. The molecule has 0 amide bonds. The van der Waals surface area contributed by atoms with E-state index in [1.807, 2.05) is 14.1 Å². The third-order valence-corrected chi connectivity index (χ3v) is 3.34. The van der Waals surface area contributed by atoms with Crippen LogP contribution in [0.5, 0.6) is 0 Å². The molecule has 0 aliphatic carbocycles. The van der Waals surface area contributed by atoms with E-state index >= 15 is 0 Å². The molecule has 0 aromatic rings. The first-order valence-electron chi connectivity index (χ1n) is 1.64. The second-order valence-electron chi connectivity index (χ2n) is 0.953. The molecule has 1 saturated heterocycles. The second kappa shape index (κ2) is 2.14. The average Bonchev–Trinajstić information content (AvgIpc) is 1.86. The van der Waals surface area contributed by atoms with Crippen molar-refractivity contribution in [2.75, 3.05) is 12.3 Å². The molecule has 0 radical (unpaired) electrons. The molecule has 0 spiro atoms. The van der Waals surface area contributed by atoms with Gasteiger partial charge >= 0.3 is 0 Å². The fraction of sp³-hybridized carbons (Fsp3) is 1.00. The van der Waals surface area contributed by atoms with Gasteiger partial charge in [-0.15, -0.1) is 0 Å². The lowest BCUT2D eigenvalue weighted by Gasteiger charge is -1.66. The van der Waals surface area contributed by atoms with Crippen LogP contribution in [0.15, 0.2) is 0 Å². The number of rotatable bonds is 0. The van der Waals surface area contributed by atoms with E-state index in [1.54, 1.807) is 11.0 Å². The highest BCUT2D eigenvalue weighted by Gasteiger charge is 2.14. The van der Waals surface area contributed by atoms with E-state index in [-0.39, 0.29) is 0 Å². The molecule has 0 aromatic heterocycles. The van der Waals surface area contributed by atoms with Crippen LogP contribution in [-0.4, -0.2) is 15.6 Å². The van der Waals surface area contributed by atoms with Crippen LogP contribution in [0.4, 0.5) is 0 Å². The maximum atomic E-state index is 4.78. The first-order chi connectivity index (χ1) is 2.89. The Bertz CT molecular complexity index is 63.2. The van der Waals surface area contributed by atoms with Gasteiger partial charge in [0.15, 0.2) is 6.54 Å². The van der Waals surface area contributed by atoms with Gasteiger partial charge in [-0.3, -0.25) is 0 Å². The zero-order valence-corrected chi connectivity index (χ0v) is 5.54. The van der Waals surface area contributed by atoms with Crippen LogP contribution < -0.4 is 0 Å². The summed E-state index contributed by atoms with van der Waals surface area (Å²) in [6, 6.07) is 0. The van der Waals surface area contributed by atoms with Crippen LogP contribution in [0.2, 0.25) is 0 Å². The molecule has 1 rings (SSSR count). The molecule has 0 N–H and O–H groups in total. The van der Waals surface area contributed by atoms with Crippen LogP contribution in [0.25, 0.3) is 0 Å². The van der Waals surface area contributed by atoms with Gasteiger partial charge in [0.05, 0.1) is 5.75 Å². The van der Waals surface area contributed by atoms with Gasteiger partial charge in [0, 0.05) is 0 Å². The Labute approximate surface area is 50.2 Å². The Morgan fingerprint density at radius 2 is 2.50 bits per heavy atom. The van der Waals surface area contributed by atoms with Crippen molar-refractivity contribution in [3.8, 4) is 0 Å². The fourth-order valence-corrected chi connectivity index (χ4v) is 2.59. The van der Waals surface area contributed by atoms with E-state index in [0.29, 0.717) is 0 Å². The van der Waals surface area contributed by atoms with Crippen molar-refractivity contribution in [2.45, 2.75) is 0 Å². The summed E-state index contributed by atoms with van der Waals surface area (Å²) in [6.07, 6.45) is 0. The zero-order valence-electron chi connectivity index (χ0n) is 3.09. The van der Waals surface area contributed by atoms with E-state index < -0.39 is 0 Å². The van der Waals surface area contributed by atoms with Gasteiger partial charge in [-0.25, -0.2) is 0 Å². The summed E-state index contributed by atoms with van der Waals surface area (Å²) in [4.78, 5) is 0. The van der Waals surface area contributed by atoms with Gasteiger partial charge in [-0.05, 0) is 10.8 Å². The Hall–Kier alpha value is 0.720. The summed E-state index contributed by atoms with van der Waals surface area (Å²) in [5.74, 6) is 1.19. The monoisotopic (exact) mass is 138 g/mol. The summed E-state index contributed by atoms with van der Waals surface area (Å²) < 4.78 is 1.82. The van der Waals surface area contributed by atoms with Crippen molar-refractivity contribution in [1.82, 2.24) is 0 Å². The van der Waals surface area contributed by atoms with Gasteiger partial charge in [0.1, 0.15) is 0 Å². The molecular weight excluding hydrogens is 134 g/mol. The van der Waals surface area contributed by atoms with E-state index in [4.69, 9.17) is 12.4 Å². The lowest BCUT2D eigenvalue weighted by molar-refractivity contribution is -0.298. The second-order valence-corrected chi connectivity index (χ2v) is 4.01. The summed E-state index contributed by atoms with van der Waals surface area (Å²) in [7, 11) is 3.48. The molecule has 1 heterocycles. The average molecular weight is 138 g/mol. The molecule has 1 fully saturated rings. The molecule has 4 heteroatoms. The standard InChI is InChI=1S/C2H4NS3/c4-3-1-2-5-6-3/h1-2H2/q+1. The third-order valence-electron chi connectivity index (χ3n) is 0.493. The molecular formula is C2H4NS3+. The van der Waals surface area contributed by atoms with Crippen LogP contribution in [-0.2, 0) is 12.4 Å². The van der Waals surface area contributed by atoms with Gasteiger partial charge < -0.3 is 0 Å². The van der Waals surface area contributed by atoms with Crippen LogP contribution in [0.1, 0.15) is 0 Å². The first-order valence-corrected chi connectivity index (χ1v) is 4.28. The lowest BCUT2D eigenvalue weighted by Crippen LogP contribution is -1.90. The molecule has 0 bridgehead atoms. The van der Waals surface area contributed by atoms with E-state index in [9.17, 15) is 0 Å². The summed E-state index contributed by atoms with van der Waals surface area (Å²) in [5.41, 5.74) is 0. The van der Waals surface area contributed by atoms with Crippen molar-refractivity contribution in [3.63, 3.8) is 0 Å². The smallest absolute Gasteiger partial charge is 0.0748 e. The first kappa shape index (κ1) is 4.87. The molecule has 1 nitrogen and oxygen atoms in total. The number of hydrogen-bond donors (Lipinski definition) is 0. The lowest BCUT2D eigenvalue weighted by atomic mass is 10.8. The molecule has 6 heavy (non-hydrogen) atoms. The van der Waals surface area contributed by atoms with E-state index in [2.05, 4.69) is 0 Å². The minimum atomic E-state index is 1.06. The summed E-state index contributed by atoms with van der Waals surface area (Å²) in [5, 5.41) is 0. The van der Waals surface area contributed by atoms with Crippen molar-refractivity contribution >= 4 is 34.2 Å². The van der Waals surface area contributed by atoms with Gasteiger partial charge in [0.25, 0.3) is 12.4 Å². The maximum absolute atomic E-state index is 4.78. The maximum Gasteiger partial charge on any atom is 0.280 e. The van der Waals surface area contributed by atoms with E-state index in [1.165, 1.54) is 5.75 Å². The SMILES string of the molecule is S=[N+]1CCSS1. The number of hydrogen-bond acceptors (Lipinski definition) is 3. The quantitative estimate of drug-likeness (QED) is 0.280. The number of nitrogens with zero attached hydrogens (tertiary/aromatic N) is 1. The van der Waals surface area contributed by atoms with Crippen molar-refractivity contribution in [1.29, 1.82) is 0 Å². The topological polar surface area (TPSA) is 3.01 Å². The van der Waals surface area contributed by atoms with Gasteiger partial charge in [-0.2, -0.15) is 0 Å². The Morgan fingerprint density at radius 3 is 2.67 bits per heavy atom. The predicted molar refractivity (Wildman–Crippen MR) is 32.5 cm³/mol. The van der Waals surface area contributed by atoms with Crippen LogP contribution in [0.3, 0.4) is 0 Å². The minimum absolute atomic E-state index is 1.06. The molecule has 0 atom stereocenters. The predicted octanol–water partition coefficient (Wildman–Crippen LogP) is 1.04. The molecule has 1 aliphatic rings. The van der Waals surface area contributed by atoms with Crippen molar-refractivity contribution < 1.29 is 3.35 Å². The highest BCUT2D eigenvalue weighted by Crippen LogP contribution is 2.27. The Balaban J connectivity index is 2.37. The Morgan fingerprint density at radius 1 is 1.67 bits per heavy atom. The largest absolute Gasteiger partial charge is 0.280 e. The molecule has 1 aliphatic heterocycles. The molecule has 0 aromatic carbocycles. The molecule has 34 valence electrons. The Kier molecular flexibility index (Phi) is 1.74. The van der Waals surface area contributed by atoms with Crippen molar-refractivity contribution in [2.24, 2.45) is 0 Å². The molecule has 0 unspecified atom stereocenters. The summed E-state index contributed by atoms with van der Waals surface area (Å²) in [6.45, 7) is 1.06. The van der Waals surface area contributed by atoms with Gasteiger partial charge in [-0.1, -0.05) is 3.35 Å². The fourth-order valence-electron chi connectivity index (χ4n) is 0.245. The third kappa shape index (κ3) is 1.10. The van der Waals surface area contributed by atoms with Crippen LogP contribution in [0, 0.1) is 0 Å². The zero-order chi connectivity index (χ0) is 4.41. The van der Waals surface area contributed by atoms with E-state index in [0.717, 1.165) is 6.54 Å². The minimum Gasteiger partial charge on any atom is -0.0748 e. The van der Waals surface area contributed by atoms with Gasteiger partial charge in [0.2, 0.25) is 11.0 Å². The highest BCUT2D eigenvalue weighted by atomic mass is 33.1.